The van der Waals surface area contributed by atoms with Crippen LogP contribution in [0.2, 0.25) is 0 Å². The maximum atomic E-state index is 3.78. The van der Waals surface area contributed by atoms with E-state index in [9.17, 15) is 0 Å². The molecule has 1 N–H and O–H groups in total. The number of aromatic amines is 1. The predicted octanol–water partition coefficient (Wildman–Crippen LogP) is 7.29. The van der Waals surface area contributed by atoms with Crippen molar-refractivity contribution in [3.63, 3.8) is 0 Å². The second kappa shape index (κ2) is 8.07. The number of benzene rings is 5. The highest BCUT2D eigenvalue weighted by Crippen LogP contribution is 2.52. The minimum atomic E-state index is -0.196. The number of aryl methyl sites for hydroxylation is 1. The van der Waals surface area contributed by atoms with Crippen LogP contribution < -0.4 is 9.47 Å². The van der Waals surface area contributed by atoms with Crippen molar-refractivity contribution < 1.29 is 4.57 Å². The maximum Gasteiger partial charge on any atom is 0.281 e. The molecule has 0 bridgehead atoms. The highest BCUT2D eigenvalue weighted by Gasteiger charge is 2.44. The first kappa shape index (κ1) is 21.9. The molecule has 1 unspecified atom stereocenters. The smallest absolute Gasteiger partial charge is 0.281 e. The lowest BCUT2D eigenvalue weighted by Gasteiger charge is -2.29. The second-order valence-corrected chi connectivity index (χ2v) is 10.5. The molecule has 0 saturated carbocycles. The van der Waals surface area contributed by atoms with Crippen LogP contribution in [0.25, 0.3) is 38.7 Å². The van der Waals surface area contributed by atoms with Crippen molar-refractivity contribution >= 4 is 44.3 Å². The van der Waals surface area contributed by atoms with Crippen LogP contribution in [-0.2, 0) is 18.9 Å². The van der Waals surface area contributed by atoms with Crippen LogP contribution in [0.4, 0.5) is 5.69 Å². The van der Waals surface area contributed by atoms with Gasteiger partial charge in [0.05, 0.1) is 7.05 Å². The van der Waals surface area contributed by atoms with Crippen LogP contribution in [-0.4, -0.2) is 12.0 Å². The first-order valence-electron chi connectivity index (χ1n) is 13.0. The van der Waals surface area contributed by atoms with Crippen LogP contribution in [0, 0.1) is 0 Å². The van der Waals surface area contributed by atoms with Crippen LogP contribution in [0.5, 0.6) is 0 Å². The van der Waals surface area contributed by atoms with E-state index < -0.39 is 0 Å². The van der Waals surface area contributed by atoms with Crippen LogP contribution in [0.3, 0.4) is 0 Å². The first-order chi connectivity index (χ1) is 18.0. The molecule has 1 aliphatic heterocycles. The van der Waals surface area contributed by atoms with E-state index in [1.807, 2.05) is 0 Å². The average molecular weight is 481 g/mol. The topological polar surface area (TPSA) is 22.9 Å². The number of nitrogens with zero attached hydrogens (tertiary/aromatic N) is 2. The molecule has 0 spiro atoms. The van der Waals surface area contributed by atoms with E-state index in [-0.39, 0.29) is 5.41 Å². The van der Waals surface area contributed by atoms with Gasteiger partial charge in [-0.15, -0.1) is 0 Å². The van der Waals surface area contributed by atoms with E-state index in [1.165, 1.54) is 55.1 Å². The average Bonchev–Trinajstić information content (AvgIpc) is 3.36. The first-order valence-corrected chi connectivity index (χ1v) is 13.0. The van der Waals surface area contributed by atoms with Crippen molar-refractivity contribution in [1.29, 1.82) is 0 Å². The minimum absolute atomic E-state index is 0.196. The lowest BCUT2D eigenvalue weighted by atomic mass is 9.74. The molecule has 1 atom stereocenters. The number of imidazole rings is 1. The number of allylic oxidation sites excluding steroid dienone is 1. The molecule has 3 heteroatoms. The Labute approximate surface area is 217 Å². The molecule has 0 amide bonds. The SMILES string of the molecule is CN1/C(=C/c2[nH]c3c4ccccc4ccc3[n+]2C)C(C)(Cc2ccccc2)c2c1ccc1ccccc21. The van der Waals surface area contributed by atoms with Gasteiger partial charge in [-0.3, -0.25) is 0 Å². The molecule has 5 aromatic carbocycles. The second-order valence-electron chi connectivity index (χ2n) is 10.5. The third-order valence-corrected chi connectivity index (χ3v) is 8.30. The Morgan fingerprint density at radius 1 is 0.784 bits per heavy atom. The van der Waals surface area contributed by atoms with E-state index in [0.29, 0.717) is 0 Å². The fourth-order valence-electron chi connectivity index (χ4n) is 6.46. The third-order valence-electron chi connectivity index (χ3n) is 8.30. The van der Waals surface area contributed by atoms with Crippen molar-refractivity contribution in [3.8, 4) is 0 Å². The summed E-state index contributed by atoms with van der Waals surface area (Å²) >= 11 is 0. The van der Waals surface area contributed by atoms with Crippen LogP contribution in [0.1, 0.15) is 23.9 Å². The molecule has 1 aliphatic rings. The Kier molecular flexibility index (Phi) is 4.77. The zero-order valence-corrected chi connectivity index (χ0v) is 21.5. The molecule has 0 fully saturated rings. The number of rotatable bonds is 3. The fourth-order valence-corrected chi connectivity index (χ4v) is 6.46. The Balaban J connectivity index is 1.48. The summed E-state index contributed by atoms with van der Waals surface area (Å²) in [5, 5.41) is 5.13. The van der Waals surface area contributed by atoms with Crippen molar-refractivity contribution in [2.24, 2.45) is 7.05 Å². The van der Waals surface area contributed by atoms with Gasteiger partial charge in [0.25, 0.3) is 5.82 Å². The van der Waals surface area contributed by atoms with Gasteiger partial charge in [0, 0.05) is 35.3 Å². The molecular formula is C34H30N3+. The molecule has 180 valence electrons. The molecule has 0 radical (unpaired) electrons. The zero-order valence-electron chi connectivity index (χ0n) is 21.5. The Morgan fingerprint density at radius 3 is 2.22 bits per heavy atom. The van der Waals surface area contributed by atoms with Gasteiger partial charge in [0.1, 0.15) is 0 Å². The van der Waals surface area contributed by atoms with Gasteiger partial charge in [-0.25, -0.2) is 9.55 Å². The molecule has 6 aromatic rings. The quantitative estimate of drug-likeness (QED) is 0.264. The lowest BCUT2D eigenvalue weighted by molar-refractivity contribution is -0.646. The fraction of sp³-hybridized carbons (Fsp3) is 0.147. The van der Waals surface area contributed by atoms with E-state index in [2.05, 4.69) is 145 Å². The van der Waals surface area contributed by atoms with Gasteiger partial charge >= 0.3 is 0 Å². The van der Waals surface area contributed by atoms with E-state index in [0.717, 1.165) is 12.2 Å². The highest BCUT2D eigenvalue weighted by atomic mass is 15.2. The summed E-state index contributed by atoms with van der Waals surface area (Å²) in [6.07, 6.45) is 3.30. The predicted molar refractivity (Wildman–Crippen MR) is 155 cm³/mol. The largest absolute Gasteiger partial charge is 0.347 e. The van der Waals surface area contributed by atoms with Gasteiger partial charge < -0.3 is 4.90 Å². The van der Waals surface area contributed by atoms with Gasteiger partial charge in [-0.1, -0.05) is 78.9 Å². The summed E-state index contributed by atoms with van der Waals surface area (Å²) in [5.41, 5.74) is 7.53. The monoisotopic (exact) mass is 480 g/mol. The number of likely N-dealkylation sites (N-methyl/N-ethyl adjacent to an activating group) is 1. The van der Waals surface area contributed by atoms with Crippen LogP contribution in [0.15, 0.2) is 109 Å². The molecule has 37 heavy (non-hydrogen) atoms. The van der Waals surface area contributed by atoms with E-state index in [4.69, 9.17) is 0 Å². The lowest BCUT2D eigenvalue weighted by Crippen LogP contribution is -2.33. The number of aromatic nitrogens is 2. The molecule has 3 nitrogen and oxygen atoms in total. The van der Waals surface area contributed by atoms with Gasteiger partial charge in [0.15, 0.2) is 11.0 Å². The highest BCUT2D eigenvalue weighted by molar-refractivity contribution is 6.03. The standard InChI is InChI=1S/C34H29N3/c1-34(22-23-11-5-4-6-12-23)30(36(2)28-19-17-24-13-7-9-15-26(24)32(28)34)21-31-35-33-27-16-10-8-14-25(27)18-20-29(33)37(31)3/h4-21H,22H2,1-3H3/p+1/b30-21+. The molecular weight excluding hydrogens is 450 g/mol. The molecule has 1 aromatic heterocycles. The Morgan fingerprint density at radius 2 is 1.43 bits per heavy atom. The number of nitrogens with one attached hydrogen (secondary N) is 1. The summed E-state index contributed by atoms with van der Waals surface area (Å²) < 4.78 is 2.28. The molecule has 2 heterocycles. The van der Waals surface area contributed by atoms with Crippen LogP contribution >= 0.6 is 0 Å². The summed E-state index contributed by atoms with van der Waals surface area (Å²) in [5.74, 6) is 1.10. The van der Waals surface area contributed by atoms with Gasteiger partial charge in [-0.2, -0.15) is 0 Å². The minimum Gasteiger partial charge on any atom is -0.347 e. The number of hydrogen-bond acceptors (Lipinski definition) is 1. The maximum absolute atomic E-state index is 3.78. The van der Waals surface area contributed by atoms with Crippen molar-refractivity contribution in [3.05, 3.63) is 126 Å². The number of fused-ring (bicyclic) bond motifs is 6. The summed E-state index contributed by atoms with van der Waals surface area (Å²) in [6.45, 7) is 2.42. The molecule has 0 saturated heterocycles. The molecule has 7 rings (SSSR count). The number of hydrogen-bond donors (Lipinski definition) is 1. The summed E-state index contributed by atoms with van der Waals surface area (Å²) in [6, 6.07) is 37.3. The van der Waals surface area contributed by atoms with E-state index in [1.54, 1.807) is 0 Å². The van der Waals surface area contributed by atoms with E-state index >= 15 is 0 Å². The third kappa shape index (κ3) is 3.24. The van der Waals surface area contributed by atoms with Crippen molar-refractivity contribution in [2.75, 3.05) is 11.9 Å². The van der Waals surface area contributed by atoms with Gasteiger partial charge in [0.2, 0.25) is 0 Å². The molecule has 0 aliphatic carbocycles. The Hall–Kier alpha value is -4.37. The number of H-pyrrole nitrogens is 1. The zero-order chi connectivity index (χ0) is 25.1. The normalized spacial score (nSPS) is 18.4. The number of anilines is 1. The Bertz CT molecular complexity index is 1840. The summed E-state index contributed by atoms with van der Waals surface area (Å²) in [7, 11) is 4.37. The van der Waals surface area contributed by atoms with Crippen molar-refractivity contribution in [2.45, 2.75) is 18.8 Å². The van der Waals surface area contributed by atoms with Crippen molar-refractivity contribution in [1.82, 2.24) is 4.98 Å². The van der Waals surface area contributed by atoms with Gasteiger partial charge in [-0.05, 0) is 64.9 Å². The summed E-state index contributed by atoms with van der Waals surface area (Å²) in [4.78, 5) is 6.18.